The number of aliphatic hydroxyl groups is 2. The van der Waals surface area contributed by atoms with E-state index in [4.69, 9.17) is 9.84 Å². The summed E-state index contributed by atoms with van der Waals surface area (Å²) in [6, 6.07) is 15.5. The Morgan fingerprint density at radius 3 is 2.08 bits per heavy atom. The van der Waals surface area contributed by atoms with Gasteiger partial charge in [-0.25, -0.2) is 4.79 Å². The second-order valence-corrected chi connectivity index (χ2v) is 5.37. The van der Waals surface area contributed by atoms with Gasteiger partial charge in [-0.3, -0.25) is 4.79 Å². The first-order chi connectivity index (χ1) is 12.5. The Hall–Kier alpha value is -3.20. The molecule has 8 nitrogen and oxygen atoms in total. The van der Waals surface area contributed by atoms with Crippen molar-refractivity contribution in [2.24, 2.45) is 0 Å². The van der Waals surface area contributed by atoms with E-state index in [0.717, 1.165) is 0 Å². The van der Waals surface area contributed by atoms with Crippen LogP contribution in [0.15, 0.2) is 65.7 Å². The van der Waals surface area contributed by atoms with Crippen LogP contribution >= 0.6 is 0 Å². The highest BCUT2D eigenvalue weighted by molar-refractivity contribution is 6.10. The summed E-state index contributed by atoms with van der Waals surface area (Å²) < 4.78 is 10.2. The Balaban J connectivity index is 1.73. The fourth-order valence-electron chi connectivity index (χ4n) is 2.41. The van der Waals surface area contributed by atoms with Gasteiger partial charge < -0.3 is 30.1 Å². The van der Waals surface area contributed by atoms with E-state index >= 15 is 0 Å². The molecule has 0 spiro atoms. The van der Waals surface area contributed by atoms with E-state index in [-0.39, 0.29) is 0 Å². The maximum Gasteiger partial charge on any atom is 0.337 e. The van der Waals surface area contributed by atoms with Crippen LogP contribution in [0.4, 0.5) is 5.69 Å². The minimum atomic E-state index is -1.87. The molecular weight excluding hydrogens is 342 g/mol. The van der Waals surface area contributed by atoms with Gasteiger partial charge in [0, 0.05) is 5.69 Å². The standard InChI is InChI=1S/C18H15NO7/c20-15(13-14(16(21)22)18(24)26-17(13)23)19-10-6-8-12(9-7-10)25-11-4-2-1-3-5-11/h1-9,17-18,23-24H,(H,19,20)(H,21,22). The van der Waals surface area contributed by atoms with E-state index in [2.05, 4.69) is 10.1 Å². The predicted molar refractivity (Wildman–Crippen MR) is 89.3 cm³/mol. The van der Waals surface area contributed by atoms with Gasteiger partial charge in [0.1, 0.15) is 17.1 Å². The largest absolute Gasteiger partial charge is 0.478 e. The minimum absolute atomic E-state index is 0.348. The van der Waals surface area contributed by atoms with E-state index in [1.54, 1.807) is 36.4 Å². The predicted octanol–water partition coefficient (Wildman–Crippen LogP) is 1.47. The van der Waals surface area contributed by atoms with Gasteiger partial charge in [-0.15, -0.1) is 0 Å². The number of hydrogen-bond donors (Lipinski definition) is 4. The lowest BCUT2D eigenvalue weighted by molar-refractivity contribution is -0.160. The molecule has 2 atom stereocenters. The molecule has 2 unspecified atom stereocenters. The number of benzene rings is 2. The number of ether oxygens (including phenoxy) is 2. The molecule has 4 N–H and O–H groups in total. The molecule has 0 aromatic heterocycles. The summed E-state index contributed by atoms with van der Waals surface area (Å²) >= 11 is 0. The van der Waals surface area contributed by atoms with Crippen LogP contribution in [0.25, 0.3) is 0 Å². The molecule has 0 saturated carbocycles. The molecule has 2 aromatic carbocycles. The quantitative estimate of drug-likeness (QED) is 0.638. The number of aliphatic carboxylic acids is 1. The Bertz CT molecular complexity index is 846. The topological polar surface area (TPSA) is 125 Å². The van der Waals surface area contributed by atoms with Gasteiger partial charge in [0.25, 0.3) is 5.91 Å². The zero-order valence-electron chi connectivity index (χ0n) is 13.3. The molecule has 1 aliphatic heterocycles. The van der Waals surface area contributed by atoms with Crippen molar-refractivity contribution in [2.45, 2.75) is 12.6 Å². The molecule has 1 heterocycles. The SMILES string of the molecule is O=C(O)C1=C(C(=O)Nc2ccc(Oc3ccccc3)cc2)C(O)OC1O. The van der Waals surface area contributed by atoms with Crippen LogP contribution in [0.5, 0.6) is 11.5 Å². The highest BCUT2D eigenvalue weighted by atomic mass is 16.7. The lowest BCUT2D eigenvalue weighted by atomic mass is 10.1. The summed E-state index contributed by atoms with van der Waals surface area (Å²) in [5.74, 6) is -1.24. The van der Waals surface area contributed by atoms with Crippen molar-refractivity contribution in [1.29, 1.82) is 0 Å². The van der Waals surface area contributed by atoms with Crippen molar-refractivity contribution in [3.63, 3.8) is 0 Å². The van der Waals surface area contributed by atoms with Crippen molar-refractivity contribution < 1.29 is 34.4 Å². The summed E-state index contributed by atoms with van der Waals surface area (Å²) in [6.07, 6.45) is -3.69. The van der Waals surface area contributed by atoms with Crippen LogP contribution in [0, 0.1) is 0 Å². The third-order valence-electron chi connectivity index (χ3n) is 3.61. The summed E-state index contributed by atoms with van der Waals surface area (Å²) in [6.45, 7) is 0. The number of carbonyl (C=O) groups is 2. The van der Waals surface area contributed by atoms with E-state index < -0.39 is 35.6 Å². The Morgan fingerprint density at radius 2 is 1.46 bits per heavy atom. The lowest BCUT2D eigenvalue weighted by Crippen LogP contribution is -2.23. The second kappa shape index (κ2) is 7.36. The number of anilines is 1. The van der Waals surface area contributed by atoms with Crippen LogP contribution in [0.2, 0.25) is 0 Å². The molecular formula is C18H15NO7. The van der Waals surface area contributed by atoms with Gasteiger partial charge in [0.2, 0.25) is 0 Å². The molecule has 1 aliphatic rings. The first-order valence-corrected chi connectivity index (χ1v) is 7.59. The number of para-hydroxylation sites is 1. The third kappa shape index (κ3) is 3.72. The zero-order valence-corrected chi connectivity index (χ0v) is 13.3. The fourth-order valence-corrected chi connectivity index (χ4v) is 2.41. The number of amides is 1. The number of nitrogens with one attached hydrogen (secondary N) is 1. The Morgan fingerprint density at radius 1 is 0.885 bits per heavy atom. The molecule has 0 radical (unpaired) electrons. The molecule has 26 heavy (non-hydrogen) atoms. The minimum Gasteiger partial charge on any atom is -0.478 e. The van der Waals surface area contributed by atoms with E-state index in [1.165, 1.54) is 0 Å². The number of carbonyl (C=O) groups excluding carboxylic acids is 1. The van der Waals surface area contributed by atoms with Crippen LogP contribution in [-0.4, -0.2) is 39.8 Å². The summed E-state index contributed by atoms with van der Waals surface area (Å²) in [7, 11) is 0. The first kappa shape index (κ1) is 17.6. The van der Waals surface area contributed by atoms with Crippen molar-refractivity contribution in [1.82, 2.24) is 0 Å². The Kier molecular flexibility index (Phi) is 4.99. The van der Waals surface area contributed by atoms with Gasteiger partial charge in [0.15, 0.2) is 12.6 Å². The van der Waals surface area contributed by atoms with Crippen LogP contribution in [0.1, 0.15) is 0 Å². The van der Waals surface area contributed by atoms with Gasteiger partial charge >= 0.3 is 5.97 Å². The molecule has 3 rings (SSSR count). The van der Waals surface area contributed by atoms with Crippen LogP contribution in [-0.2, 0) is 14.3 Å². The van der Waals surface area contributed by atoms with Crippen LogP contribution < -0.4 is 10.1 Å². The number of carboxylic acids is 1. The first-order valence-electron chi connectivity index (χ1n) is 7.59. The van der Waals surface area contributed by atoms with Crippen molar-refractivity contribution >= 4 is 17.6 Å². The average Bonchev–Trinajstić information content (AvgIpc) is 2.92. The fraction of sp³-hybridized carbons (Fsp3) is 0.111. The molecule has 0 bridgehead atoms. The summed E-state index contributed by atoms with van der Waals surface area (Å²) in [5.41, 5.74) is -0.894. The van der Waals surface area contributed by atoms with Crippen LogP contribution in [0.3, 0.4) is 0 Å². The highest BCUT2D eigenvalue weighted by Gasteiger charge is 2.40. The number of hydrogen-bond acceptors (Lipinski definition) is 6. The monoisotopic (exact) mass is 357 g/mol. The van der Waals surface area contributed by atoms with E-state index in [9.17, 15) is 19.8 Å². The van der Waals surface area contributed by atoms with Gasteiger partial charge in [-0.1, -0.05) is 18.2 Å². The van der Waals surface area contributed by atoms with Gasteiger partial charge in [-0.05, 0) is 36.4 Å². The summed E-state index contributed by atoms with van der Waals surface area (Å²) in [5, 5.41) is 30.6. The highest BCUT2D eigenvalue weighted by Crippen LogP contribution is 2.27. The molecule has 8 heteroatoms. The van der Waals surface area contributed by atoms with Crippen molar-refractivity contribution in [3.05, 3.63) is 65.7 Å². The maximum atomic E-state index is 12.2. The molecule has 134 valence electrons. The van der Waals surface area contributed by atoms with E-state index in [1.807, 2.05) is 18.2 Å². The summed E-state index contributed by atoms with van der Waals surface area (Å²) in [4.78, 5) is 23.4. The average molecular weight is 357 g/mol. The lowest BCUT2D eigenvalue weighted by Gasteiger charge is -2.10. The normalized spacial score (nSPS) is 19.3. The van der Waals surface area contributed by atoms with Crippen molar-refractivity contribution in [2.75, 3.05) is 5.32 Å². The molecule has 1 amide bonds. The maximum absolute atomic E-state index is 12.2. The second-order valence-electron chi connectivity index (χ2n) is 5.37. The van der Waals surface area contributed by atoms with Gasteiger partial charge in [-0.2, -0.15) is 0 Å². The molecule has 0 fully saturated rings. The van der Waals surface area contributed by atoms with Crippen molar-refractivity contribution in [3.8, 4) is 11.5 Å². The number of rotatable bonds is 5. The number of aliphatic hydroxyl groups excluding tert-OH is 2. The molecule has 0 aliphatic carbocycles. The third-order valence-corrected chi connectivity index (χ3v) is 3.61. The van der Waals surface area contributed by atoms with E-state index in [0.29, 0.717) is 17.2 Å². The van der Waals surface area contributed by atoms with Gasteiger partial charge in [0.05, 0.1) is 5.57 Å². The Labute approximate surface area is 147 Å². The zero-order chi connectivity index (χ0) is 18.7. The molecule has 0 saturated heterocycles. The smallest absolute Gasteiger partial charge is 0.337 e. The number of carboxylic acid groups (broad SMARTS) is 1. The molecule has 2 aromatic rings.